The number of carbonyl (C=O) groups is 1. The number of nitrogen functional groups attached to an aromatic ring is 1. The van der Waals surface area contributed by atoms with Gasteiger partial charge in [0, 0.05) is 31.7 Å². The number of nitrogens with two attached hydrogens (primary N) is 1. The highest BCUT2D eigenvalue weighted by Crippen LogP contribution is 2.48. The molecule has 23 heavy (non-hydrogen) atoms. The van der Waals surface area contributed by atoms with Crippen LogP contribution in [-0.4, -0.2) is 43.6 Å². The molecule has 4 bridgehead atoms. The second-order valence-corrected chi connectivity index (χ2v) is 7.47. The third-order valence-electron chi connectivity index (χ3n) is 5.80. The number of amides is 1. The van der Waals surface area contributed by atoms with Crippen LogP contribution >= 0.6 is 11.6 Å². The van der Waals surface area contributed by atoms with E-state index in [1.165, 1.54) is 33.0 Å². The Morgan fingerprint density at radius 2 is 2.26 bits per heavy atom. The molecule has 6 heteroatoms. The molecule has 3 saturated heterocycles. The van der Waals surface area contributed by atoms with Gasteiger partial charge in [-0.3, -0.25) is 9.69 Å². The van der Waals surface area contributed by atoms with Crippen molar-refractivity contribution in [1.29, 1.82) is 0 Å². The van der Waals surface area contributed by atoms with E-state index >= 15 is 0 Å². The second-order valence-electron chi connectivity index (χ2n) is 7.07. The molecule has 124 valence electrons. The molecule has 5 rings (SSSR count). The lowest BCUT2D eigenvalue weighted by atomic mass is 9.75. The van der Waals surface area contributed by atoms with E-state index in [-0.39, 0.29) is 5.91 Å². The first-order chi connectivity index (χ1) is 11.1. The van der Waals surface area contributed by atoms with Gasteiger partial charge < -0.3 is 15.8 Å². The van der Waals surface area contributed by atoms with Gasteiger partial charge in [0.1, 0.15) is 5.75 Å². The van der Waals surface area contributed by atoms with Crippen LogP contribution in [0.3, 0.4) is 0 Å². The minimum Gasteiger partial charge on any atom is -0.496 e. The zero-order valence-corrected chi connectivity index (χ0v) is 14.0. The maximum absolute atomic E-state index is 12.6. The van der Waals surface area contributed by atoms with Gasteiger partial charge in [0.15, 0.2) is 0 Å². The fourth-order valence-electron chi connectivity index (χ4n) is 4.81. The summed E-state index contributed by atoms with van der Waals surface area (Å²) in [4.78, 5) is 15.2. The Labute approximate surface area is 141 Å². The summed E-state index contributed by atoms with van der Waals surface area (Å²) in [7, 11) is 1.53. The highest BCUT2D eigenvalue weighted by molar-refractivity contribution is 6.33. The van der Waals surface area contributed by atoms with Crippen LogP contribution < -0.4 is 15.8 Å². The number of nitrogens with zero attached hydrogens (tertiary/aromatic N) is 1. The Balaban J connectivity index is 1.46. The van der Waals surface area contributed by atoms with Crippen molar-refractivity contribution in [3.05, 3.63) is 22.7 Å². The molecule has 3 aliphatic heterocycles. The summed E-state index contributed by atoms with van der Waals surface area (Å²) in [5.74, 6) is 2.53. The number of halogens is 1. The van der Waals surface area contributed by atoms with Crippen LogP contribution in [0.5, 0.6) is 5.75 Å². The van der Waals surface area contributed by atoms with Crippen molar-refractivity contribution < 1.29 is 9.53 Å². The van der Waals surface area contributed by atoms with Crippen molar-refractivity contribution in [3.63, 3.8) is 0 Å². The van der Waals surface area contributed by atoms with Crippen molar-refractivity contribution in [2.24, 2.45) is 17.8 Å². The third kappa shape index (κ3) is 2.46. The molecule has 1 aliphatic carbocycles. The predicted octanol–water partition coefficient (Wildman–Crippen LogP) is 2.00. The molecule has 1 saturated carbocycles. The number of piperidine rings is 1. The first-order valence-corrected chi connectivity index (χ1v) is 8.60. The Morgan fingerprint density at radius 3 is 3.00 bits per heavy atom. The van der Waals surface area contributed by atoms with E-state index in [2.05, 4.69) is 10.2 Å². The van der Waals surface area contributed by atoms with Crippen molar-refractivity contribution >= 4 is 23.2 Å². The number of nitrogens with one attached hydrogen (secondary N) is 1. The topological polar surface area (TPSA) is 67.6 Å². The quantitative estimate of drug-likeness (QED) is 0.826. The van der Waals surface area contributed by atoms with E-state index in [9.17, 15) is 4.79 Å². The van der Waals surface area contributed by atoms with Crippen molar-refractivity contribution in [2.75, 3.05) is 32.5 Å². The van der Waals surface area contributed by atoms with Gasteiger partial charge in [-0.1, -0.05) is 11.6 Å². The third-order valence-corrected chi connectivity index (χ3v) is 6.13. The molecule has 3 unspecified atom stereocenters. The van der Waals surface area contributed by atoms with Crippen molar-refractivity contribution in [1.82, 2.24) is 10.2 Å². The Morgan fingerprint density at radius 1 is 1.43 bits per heavy atom. The number of carbonyl (C=O) groups excluding carboxylic acids is 1. The SMILES string of the molecule is COc1cc(N)c(Cl)cc1C(=O)NC[C@@H]1C2CC3C[C@@H]1N(C3)C2. The number of hydrogen-bond acceptors (Lipinski definition) is 4. The van der Waals surface area contributed by atoms with Crippen LogP contribution in [0.25, 0.3) is 0 Å². The summed E-state index contributed by atoms with van der Waals surface area (Å²) in [6.07, 6.45) is 2.62. The Hall–Kier alpha value is -1.46. The molecule has 4 fully saturated rings. The van der Waals surface area contributed by atoms with Crippen molar-refractivity contribution in [2.45, 2.75) is 18.9 Å². The zero-order valence-electron chi connectivity index (χ0n) is 13.2. The lowest BCUT2D eigenvalue weighted by molar-refractivity contribution is 0.0934. The zero-order chi connectivity index (χ0) is 16.1. The number of anilines is 1. The first kappa shape index (κ1) is 15.1. The van der Waals surface area contributed by atoms with Gasteiger partial charge in [0.25, 0.3) is 5.91 Å². The lowest BCUT2D eigenvalue weighted by Gasteiger charge is -2.30. The van der Waals surface area contributed by atoms with Crippen LogP contribution in [0, 0.1) is 17.8 Å². The minimum absolute atomic E-state index is 0.143. The van der Waals surface area contributed by atoms with Gasteiger partial charge >= 0.3 is 0 Å². The summed E-state index contributed by atoms with van der Waals surface area (Å²) < 4.78 is 5.26. The number of benzene rings is 1. The molecule has 0 spiro atoms. The van der Waals surface area contributed by atoms with Gasteiger partial charge in [-0.05, 0) is 36.7 Å². The molecular weight excluding hydrogens is 314 g/mol. The molecule has 5 atom stereocenters. The molecule has 5 nitrogen and oxygen atoms in total. The van der Waals surface area contributed by atoms with Gasteiger partial charge in [-0.25, -0.2) is 0 Å². The van der Waals surface area contributed by atoms with Crippen LogP contribution in [0.4, 0.5) is 5.69 Å². The molecular formula is C17H22ClN3O2. The molecule has 3 N–H and O–H groups in total. The smallest absolute Gasteiger partial charge is 0.255 e. The summed E-state index contributed by atoms with van der Waals surface area (Å²) in [6, 6.07) is 3.85. The van der Waals surface area contributed by atoms with Gasteiger partial charge in [0.2, 0.25) is 0 Å². The highest BCUT2D eigenvalue weighted by Gasteiger charge is 2.52. The molecule has 0 aromatic heterocycles. The molecule has 3 heterocycles. The standard InChI is InChI=1S/C17H22ClN3O2/c1-23-16-5-14(19)13(18)4-11(16)17(22)20-6-12-10-2-9-3-15(12)21(7-9)8-10/h4-5,9-10,12,15H,2-3,6-8,19H2,1H3,(H,20,22)/t9?,10?,12-,15+/m1/s1. The van der Waals surface area contributed by atoms with Gasteiger partial charge in [-0.15, -0.1) is 0 Å². The van der Waals surface area contributed by atoms with E-state index in [0.29, 0.717) is 34.0 Å². The highest BCUT2D eigenvalue weighted by atomic mass is 35.5. The molecule has 0 radical (unpaired) electrons. The summed E-state index contributed by atoms with van der Waals surface area (Å²) in [6.45, 7) is 3.19. The second kappa shape index (κ2) is 5.56. The maximum Gasteiger partial charge on any atom is 0.255 e. The van der Waals surface area contributed by atoms with Crippen LogP contribution in [0.15, 0.2) is 12.1 Å². The van der Waals surface area contributed by atoms with Gasteiger partial charge in [0.05, 0.1) is 23.4 Å². The van der Waals surface area contributed by atoms with Gasteiger partial charge in [-0.2, -0.15) is 0 Å². The molecule has 1 amide bonds. The Kier molecular flexibility index (Phi) is 3.65. The average Bonchev–Trinajstić information content (AvgIpc) is 2.95. The first-order valence-electron chi connectivity index (χ1n) is 8.22. The van der Waals surface area contributed by atoms with E-state index < -0.39 is 0 Å². The Bertz CT molecular complexity index is 647. The fourth-order valence-corrected chi connectivity index (χ4v) is 4.97. The number of ether oxygens (including phenoxy) is 1. The lowest BCUT2D eigenvalue weighted by Crippen LogP contribution is -2.38. The average molecular weight is 336 g/mol. The molecule has 1 aromatic carbocycles. The minimum atomic E-state index is -0.143. The monoisotopic (exact) mass is 335 g/mol. The van der Waals surface area contributed by atoms with E-state index in [4.69, 9.17) is 22.1 Å². The summed E-state index contributed by atoms with van der Waals surface area (Å²) in [5.41, 5.74) is 6.63. The van der Waals surface area contributed by atoms with E-state index in [1.807, 2.05) is 0 Å². The fraction of sp³-hybridized carbons (Fsp3) is 0.588. The van der Waals surface area contributed by atoms with E-state index in [0.717, 1.165) is 18.4 Å². The molecule has 1 aromatic rings. The summed E-state index contributed by atoms with van der Waals surface area (Å²) >= 11 is 6.05. The normalized spacial score (nSPS) is 33.9. The number of methoxy groups -OCH3 is 1. The molecule has 4 aliphatic rings. The number of rotatable bonds is 4. The van der Waals surface area contributed by atoms with Crippen molar-refractivity contribution in [3.8, 4) is 5.75 Å². The predicted molar refractivity (Wildman–Crippen MR) is 89.8 cm³/mol. The van der Waals surface area contributed by atoms with E-state index in [1.54, 1.807) is 12.1 Å². The van der Waals surface area contributed by atoms with Crippen LogP contribution in [0.1, 0.15) is 23.2 Å². The summed E-state index contributed by atoms with van der Waals surface area (Å²) in [5, 5.41) is 3.46. The van der Waals surface area contributed by atoms with Crippen LogP contribution in [0.2, 0.25) is 5.02 Å². The number of hydrogen-bond donors (Lipinski definition) is 2. The van der Waals surface area contributed by atoms with Crippen LogP contribution in [-0.2, 0) is 0 Å². The largest absolute Gasteiger partial charge is 0.496 e. The maximum atomic E-state index is 12.6.